The summed E-state index contributed by atoms with van der Waals surface area (Å²) >= 11 is 0. The predicted octanol–water partition coefficient (Wildman–Crippen LogP) is 3.88. The average molecular weight is 273 g/mol. The Balaban J connectivity index is 1.89. The molecule has 1 N–H and O–H groups in total. The van der Waals surface area contributed by atoms with Gasteiger partial charge in [0.1, 0.15) is 5.82 Å². The molecule has 3 nitrogen and oxygen atoms in total. The lowest BCUT2D eigenvalue weighted by Crippen LogP contribution is -2.22. The van der Waals surface area contributed by atoms with Crippen LogP contribution in [0.2, 0.25) is 0 Å². The lowest BCUT2D eigenvalue weighted by Gasteiger charge is -2.26. The lowest BCUT2D eigenvalue weighted by molar-refractivity contribution is 0.515. The van der Waals surface area contributed by atoms with Crippen LogP contribution in [0, 0.1) is 5.82 Å². The summed E-state index contributed by atoms with van der Waals surface area (Å²) in [7, 11) is 0. The molecule has 0 bridgehead atoms. The van der Waals surface area contributed by atoms with Crippen LogP contribution in [0.25, 0.3) is 0 Å². The standard InChI is InChI=1S/C16H20FN3/c1-16(2,3)14-10-20-9-8-13(18-15(20)19-14)11-6-4-5-7-12(11)17/h4-7,10,13H,8-9H2,1-3H3,(H,18,19). The first-order valence-corrected chi connectivity index (χ1v) is 7.04. The molecule has 0 spiro atoms. The highest BCUT2D eigenvalue weighted by atomic mass is 19.1. The van der Waals surface area contributed by atoms with Crippen molar-refractivity contribution in [3.8, 4) is 0 Å². The molecule has 106 valence electrons. The lowest BCUT2D eigenvalue weighted by atomic mass is 9.93. The molecule has 0 saturated carbocycles. The Morgan fingerprint density at radius 1 is 1.30 bits per heavy atom. The molecule has 3 rings (SSSR count). The fourth-order valence-electron chi connectivity index (χ4n) is 2.55. The van der Waals surface area contributed by atoms with E-state index in [2.05, 4.69) is 41.8 Å². The van der Waals surface area contributed by atoms with E-state index in [-0.39, 0.29) is 17.3 Å². The molecule has 1 aliphatic heterocycles. The van der Waals surface area contributed by atoms with Crippen molar-refractivity contribution < 1.29 is 4.39 Å². The number of nitrogens with one attached hydrogen (secondary N) is 1. The van der Waals surface area contributed by atoms with Crippen molar-refractivity contribution in [2.24, 2.45) is 0 Å². The van der Waals surface area contributed by atoms with Gasteiger partial charge in [0.05, 0.1) is 11.7 Å². The number of rotatable bonds is 1. The molecule has 20 heavy (non-hydrogen) atoms. The van der Waals surface area contributed by atoms with Gasteiger partial charge in [0.25, 0.3) is 0 Å². The maximum atomic E-state index is 13.9. The number of aromatic nitrogens is 2. The van der Waals surface area contributed by atoms with Gasteiger partial charge in [-0.1, -0.05) is 39.0 Å². The van der Waals surface area contributed by atoms with E-state index < -0.39 is 0 Å². The summed E-state index contributed by atoms with van der Waals surface area (Å²) in [6, 6.07) is 6.95. The molecule has 0 aliphatic carbocycles. The Morgan fingerprint density at radius 2 is 2.05 bits per heavy atom. The van der Waals surface area contributed by atoms with Crippen molar-refractivity contribution in [3.63, 3.8) is 0 Å². The van der Waals surface area contributed by atoms with E-state index in [0.29, 0.717) is 0 Å². The molecule has 2 heterocycles. The van der Waals surface area contributed by atoms with Crippen molar-refractivity contribution in [2.45, 2.75) is 45.2 Å². The van der Waals surface area contributed by atoms with E-state index in [0.717, 1.165) is 30.2 Å². The van der Waals surface area contributed by atoms with Gasteiger partial charge < -0.3 is 9.88 Å². The van der Waals surface area contributed by atoms with Gasteiger partial charge >= 0.3 is 0 Å². The van der Waals surface area contributed by atoms with Crippen LogP contribution in [0.4, 0.5) is 10.3 Å². The van der Waals surface area contributed by atoms with E-state index in [1.54, 1.807) is 6.07 Å². The number of nitrogens with zero attached hydrogens (tertiary/aromatic N) is 2. The minimum Gasteiger partial charge on any atom is -0.349 e. The summed E-state index contributed by atoms with van der Waals surface area (Å²) in [4.78, 5) is 4.66. The summed E-state index contributed by atoms with van der Waals surface area (Å²) in [6.45, 7) is 7.31. The van der Waals surface area contributed by atoms with Gasteiger partial charge in [0.15, 0.2) is 0 Å². The Hall–Kier alpha value is -1.84. The third-order valence-corrected chi connectivity index (χ3v) is 3.79. The SMILES string of the molecule is CC(C)(C)c1cn2c(n1)NC(c1ccccc1F)CC2. The van der Waals surface area contributed by atoms with Crippen LogP contribution in [-0.4, -0.2) is 9.55 Å². The highest BCUT2D eigenvalue weighted by molar-refractivity contribution is 5.38. The first-order valence-electron chi connectivity index (χ1n) is 7.04. The summed E-state index contributed by atoms with van der Waals surface area (Å²) in [6.07, 6.45) is 2.97. The highest BCUT2D eigenvalue weighted by Gasteiger charge is 2.26. The first kappa shape index (κ1) is 13.2. The second kappa shape index (κ2) is 4.62. The number of hydrogen-bond donors (Lipinski definition) is 1. The quantitative estimate of drug-likeness (QED) is 0.854. The van der Waals surface area contributed by atoms with Crippen molar-refractivity contribution in [1.29, 1.82) is 0 Å². The van der Waals surface area contributed by atoms with E-state index >= 15 is 0 Å². The van der Waals surface area contributed by atoms with Crippen LogP contribution in [0.1, 0.15) is 44.5 Å². The van der Waals surface area contributed by atoms with Gasteiger partial charge in [-0.05, 0) is 12.5 Å². The van der Waals surface area contributed by atoms with Gasteiger partial charge in [-0.25, -0.2) is 9.37 Å². The van der Waals surface area contributed by atoms with Gasteiger partial charge in [-0.3, -0.25) is 0 Å². The fourth-order valence-corrected chi connectivity index (χ4v) is 2.55. The summed E-state index contributed by atoms with van der Waals surface area (Å²) in [5.74, 6) is 0.690. The monoisotopic (exact) mass is 273 g/mol. The zero-order chi connectivity index (χ0) is 14.3. The van der Waals surface area contributed by atoms with Crippen molar-refractivity contribution in [1.82, 2.24) is 9.55 Å². The molecule has 0 radical (unpaired) electrons. The zero-order valence-corrected chi connectivity index (χ0v) is 12.2. The maximum absolute atomic E-state index is 13.9. The molecule has 1 aliphatic rings. The van der Waals surface area contributed by atoms with Gasteiger partial charge in [-0.15, -0.1) is 0 Å². The van der Waals surface area contributed by atoms with Crippen LogP contribution < -0.4 is 5.32 Å². The topological polar surface area (TPSA) is 29.9 Å². The number of imidazole rings is 1. The van der Waals surface area contributed by atoms with Crippen molar-refractivity contribution in [2.75, 3.05) is 5.32 Å². The molecule has 1 aromatic carbocycles. The van der Waals surface area contributed by atoms with Gasteiger partial charge in [0.2, 0.25) is 5.95 Å². The van der Waals surface area contributed by atoms with Crippen LogP contribution in [0.5, 0.6) is 0 Å². The average Bonchev–Trinajstić information content (AvgIpc) is 2.82. The van der Waals surface area contributed by atoms with Crippen LogP contribution in [0.15, 0.2) is 30.5 Å². The third-order valence-electron chi connectivity index (χ3n) is 3.79. The van der Waals surface area contributed by atoms with Crippen molar-refractivity contribution in [3.05, 3.63) is 47.5 Å². The highest BCUT2D eigenvalue weighted by Crippen LogP contribution is 2.32. The summed E-state index contributed by atoms with van der Waals surface area (Å²) in [5.41, 5.74) is 1.81. The molecule has 1 atom stereocenters. The summed E-state index contributed by atoms with van der Waals surface area (Å²) in [5, 5.41) is 3.36. The largest absolute Gasteiger partial charge is 0.349 e. The third kappa shape index (κ3) is 2.30. The molecular formula is C16H20FN3. The minimum atomic E-state index is -0.152. The summed E-state index contributed by atoms with van der Waals surface area (Å²) < 4.78 is 16.0. The zero-order valence-electron chi connectivity index (χ0n) is 12.2. The number of hydrogen-bond acceptors (Lipinski definition) is 2. The Kier molecular flexibility index (Phi) is 3.04. The molecule has 1 unspecified atom stereocenters. The van der Waals surface area contributed by atoms with Crippen LogP contribution in [0.3, 0.4) is 0 Å². The minimum absolute atomic E-state index is 0.00100. The molecular weight excluding hydrogens is 253 g/mol. The Labute approximate surface area is 118 Å². The van der Waals surface area contributed by atoms with Gasteiger partial charge in [-0.2, -0.15) is 0 Å². The number of fused-ring (bicyclic) bond motifs is 1. The molecule has 1 aromatic heterocycles. The molecule has 2 aromatic rings. The molecule has 0 amide bonds. The molecule has 4 heteroatoms. The number of aryl methyl sites for hydroxylation is 1. The Bertz CT molecular complexity index is 625. The number of benzene rings is 1. The second-order valence-electron chi connectivity index (χ2n) is 6.40. The normalized spacial score (nSPS) is 18.5. The second-order valence-corrected chi connectivity index (χ2v) is 6.40. The van der Waals surface area contributed by atoms with E-state index in [1.165, 1.54) is 6.07 Å². The first-order chi connectivity index (χ1) is 9.45. The fraction of sp³-hybridized carbons (Fsp3) is 0.438. The number of halogens is 1. The van der Waals surface area contributed by atoms with Crippen LogP contribution in [-0.2, 0) is 12.0 Å². The van der Waals surface area contributed by atoms with E-state index in [1.807, 2.05) is 12.1 Å². The maximum Gasteiger partial charge on any atom is 0.203 e. The van der Waals surface area contributed by atoms with E-state index in [9.17, 15) is 4.39 Å². The van der Waals surface area contributed by atoms with E-state index in [4.69, 9.17) is 0 Å². The number of anilines is 1. The Morgan fingerprint density at radius 3 is 2.75 bits per heavy atom. The molecule has 0 fully saturated rings. The van der Waals surface area contributed by atoms with Gasteiger partial charge in [0, 0.05) is 23.7 Å². The smallest absolute Gasteiger partial charge is 0.203 e. The van der Waals surface area contributed by atoms with Crippen molar-refractivity contribution >= 4 is 5.95 Å². The molecule has 0 saturated heterocycles. The van der Waals surface area contributed by atoms with Crippen LogP contribution >= 0.6 is 0 Å². The predicted molar refractivity (Wildman–Crippen MR) is 78.3 cm³/mol.